The maximum Gasteiger partial charge on any atom is 0.240 e. The molecule has 1 saturated heterocycles. The van der Waals surface area contributed by atoms with Gasteiger partial charge in [0.2, 0.25) is 5.89 Å². The largest absolute Gasteiger partial charge is 0.380 e. The smallest absolute Gasteiger partial charge is 0.240 e. The average molecular weight is 287 g/mol. The van der Waals surface area contributed by atoms with E-state index in [2.05, 4.69) is 34.5 Å². The summed E-state index contributed by atoms with van der Waals surface area (Å²) in [6.07, 6.45) is 2.90. The monoisotopic (exact) mass is 287 g/mol. The molecule has 0 bridgehead atoms. The van der Waals surface area contributed by atoms with Crippen molar-refractivity contribution in [3.63, 3.8) is 0 Å². The molecule has 1 aliphatic heterocycles. The zero-order valence-electron chi connectivity index (χ0n) is 12.3. The van der Waals surface area contributed by atoms with Crippen LogP contribution >= 0.6 is 0 Å². The molecular weight excluding hydrogens is 266 g/mol. The standard InChI is InChI=1S/C16H21N3O2/c1-16(8-5-9-20-12-16)17-11-15-18-14(19-21-15)10-13-6-3-2-4-7-13/h2-4,6-7,17H,5,8-12H2,1H3. The van der Waals surface area contributed by atoms with Gasteiger partial charge in [-0.15, -0.1) is 0 Å². The fraction of sp³-hybridized carbons (Fsp3) is 0.500. The molecule has 21 heavy (non-hydrogen) atoms. The first kappa shape index (κ1) is 14.2. The summed E-state index contributed by atoms with van der Waals surface area (Å²) in [5.41, 5.74) is 1.19. The third-order valence-electron chi connectivity index (χ3n) is 3.82. The summed E-state index contributed by atoms with van der Waals surface area (Å²) in [7, 11) is 0. The van der Waals surface area contributed by atoms with E-state index in [0.29, 0.717) is 18.9 Å². The van der Waals surface area contributed by atoms with Crippen LogP contribution in [0.2, 0.25) is 0 Å². The molecule has 2 heterocycles. The number of nitrogens with zero attached hydrogens (tertiary/aromatic N) is 2. The van der Waals surface area contributed by atoms with Crippen LogP contribution in [0, 0.1) is 0 Å². The first-order valence-electron chi connectivity index (χ1n) is 7.42. The van der Waals surface area contributed by atoms with Crippen LogP contribution in [0.1, 0.15) is 37.0 Å². The molecule has 0 radical (unpaired) electrons. The Morgan fingerprint density at radius 1 is 1.29 bits per heavy atom. The van der Waals surface area contributed by atoms with Gasteiger partial charge in [-0.1, -0.05) is 35.5 Å². The number of hydrogen-bond donors (Lipinski definition) is 1. The summed E-state index contributed by atoms with van der Waals surface area (Å²) in [6.45, 7) is 4.35. The van der Waals surface area contributed by atoms with E-state index in [1.54, 1.807) is 0 Å². The van der Waals surface area contributed by atoms with Gasteiger partial charge in [0, 0.05) is 18.6 Å². The molecule has 1 aromatic carbocycles. The highest BCUT2D eigenvalue weighted by atomic mass is 16.5. The van der Waals surface area contributed by atoms with Gasteiger partial charge in [-0.2, -0.15) is 4.98 Å². The molecule has 5 nitrogen and oxygen atoms in total. The summed E-state index contributed by atoms with van der Waals surface area (Å²) in [6, 6.07) is 10.2. The highest BCUT2D eigenvalue weighted by Crippen LogP contribution is 2.18. The SMILES string of the molecule is CC1(NCc2nc(Cc3ccccc3)no2)CCCOC1. The summed E-state index contributed by atoms with van der Waals surface area (Å²) >= 11 is 0. The number of rotatable bonds is 5. The number of aromatic nitrogens is 2. The number of nitrogens with one attached hydrogen (secondary N) is 1. The zero-order valence-corrected chi connectivity index (χ0v) is 12.3. The topological polar surface area (TPSA) is 60.2 Å². The molecule has 1 aliphatic rings. The summed E-state index contributed by atoms with van der Waals surface area (Å²) < 4.78 is 10.8. The van der Waals surface area contributed by atoms with Crippen molar-refractivity contribution in [3.05, 3.63) is 47.6 Å². The van der Waals surface area contributed by atoms with E-state index in [0.717, 1.165) is 31.9 Å². The molecule has 1 unspecified atom stereocenters. The second-order valence-corrected chi connectivity index (χ2v) is 5.84. The van der Waals surface area contributed by atoms with Crippen LogP contribution in [0.4, 0.5) is 0 Å². The highest BCUT2D eigenvalue weighted by Gasteiger charge is 2.27. The van der Waals surface area contributed by atoms with Crippen molar-refractivity contribution in [1.82, 2.24) is 15.5 Å². The van der Waals surface area contributed by atoms with Crippen molar-refractivity contribution in [3.8, 4) is 0 Å². The Morgan fingerprint density at radius 3 is 2.90 bits per heavy atom. The third kappa shape index (κ3) is 3.89. The molecule has 0 spiro atoms. The van der Waals surface area contributed by atoms with Crippen LogP contribution in [0.5, 0.6) is 0 Å². The maximum atomic E-state index is 5.53. The van der Waals surface area contributed by atoms with Crippen molar-refractivity contribution >= 4 is 0 Å². The Kier molecular flexibility index (Phi) is 4.31. The van der Waals surface area contributed by atoms with E-state index in [9.17, 15) is 0 Å². The van der Waals surface area contributed by atoms with Gasteiger partial charge in [0.1, 0.15) is 0 Å². The fourth-order valence-corrected chi connectivity index (χ4v) is 2.57. The lowest BCUT2D eigenvalue weighted by molar-refractivity contribution is 0.0266. The van der Waals surface area contributed by atoms with E-state index in [1.165, 1.54) is 5.56 Å². The molecule has 2 aromatic rings. The minimum absolute atomic E-state index is 0.00626. The van der Waals surface area contributed by atoms with E-state index in [4.69, 9.17) is 9.26 Å². The van der Waals surface area contributed by atoms with Crippen LogP contribution in [0.3, 0.4) is 0 Å². The first-order valence-corrected chi connectivity index (χ1v) is 7.42. The third-order valence-corrected chi connectivity index (χ3v) is 3.82. The molecule has 112 valence electrons. The van der Waals surface area contributed by atoms with Gasteiger partial charge >= 0.3 is 0 Å². The minimum atomic E-state index is 0.00626. The molecular formula is C16H21N3O2. The maximum absolute atomic E-state index is 5.53. The van der Waals surface area contributed by atoms with Crippen molar-refractivity contribution in [1.29, 1.82) is 0 Å². The van der Waals surface area contributed by atoms with Gasteiger partial charge in [-0.3, -0.25) is 0 Å². The molecule has 0 amide bonds. The summed E-state index contributed by atoms with van der Waals surface area (Å²) in [4.78, 5) is 4.44. The second-order valence-electron chi connectivity index (χ2n) is 5.84. The Hall–Kier alpha value is -1.72. The van der Waals surface area contributed by atoms with Crippen LogP contribution in [-0.2, 0) is 17.7 Å². The lowest BCUT2D eigenvalue weighted by Crippen LogP contribution is -2.48. The van der Waals surface area contributed by atoms with Crippen LogP contribution in [0.25, 0.3) is 0 Å². The van der Waals surface area contributed by atoms with Crippen LogP contribution < -0.4 is 5.32 Å². The van der Waals surface area contributed by atoms with E-state index >= 15 is 0 Å². The Balaban J connectivity index is 1.55. The molecule has 1 atom stereocenters. The summed E-state index contributed by atoms with van der Waals surface area (Å²) in [5, 5.41) is 7.51. The Morgan fingerprint density at radius 2 is 2.14 bits per heavy atom. The molecule has 1 aromatic heterocycles. The predicted octanol–water partition coefficient (Wildman–Crippen LogP) is 2.32. The molecule has 5 heteroatoms. The molecule has 0 saturated carbocycles. The average Bonchev–Trinajstić information content (AvgIpc) is 2.95. The molecule has 1 N–H and O–H groups in total. The van der Waals surface area contributed by atoms with Gasteiger partial charge in [0.15, 0.2) is 5.82 Å². The normalized spacial score (nSPS) is 22.3. The van der Waals surface area contributed by atoms with Crippen LogP contribution in [0.15, 0.2) is 34.9 Å². The highest BCUT2D eigenvalue weighted by molar-refractivity contribution is 5.18. The van der Waals surface area contributed by atoms with Crippen molar-refractivity contribution in [2.24, 2.45) is 0 Å². The fourth-order valence-electron chi connectivity index (χ4n) is 2.57. The van der Waals surface area contributed by atoms with Gasteiger partial charge in [-0.25, -0.2) is 0 Å². The number of hydrogen-bond acceptors (Lipinski definition) is 5. The minimum Gasteiger partial charge on any atom is -0.380 e. The second kappa shape index (κ2) is 6.37. The van der Waals surface area contributed by atoms with Crippen molar-refractivity contribution in [2.45, 2.75) is 38.3 Å². The zero-order chi connectivity index (χ0) is 14.5. The van der Waals surface area contributed by atoms with Crippen LogP contribution in [-0.4, -0.2) is 28.9 Å². The first-order chi connectivity index (χ1) is 10.2. The van der Waals surface area contributed by atoms with Gasteiger partial charge < -0.3 is 14.6 Å². The van der Waals surface area contributed by atoms with Crippen molar-refractivity contribution < 1.29 is 9.26 Å². The van der Waals surface area contributed by atoms with E-state index in [1.807, 2.05) is 18.2 Å². The lowest BCUT2D eigenvalue weighted by Gasteiger charge is -2.33. The number of benzene rings is 1. The summed E-state index contributed by atoms with van der Waals surface area (Å²) in [5.74, 6) is 1.36. The quantitative estimate of drug-likeness (QED) is 0.914. The molecule has 1 fully saturated rings. The lowest BCUT2D eigenvalue weighted by atomic mass is 9.95. The molecule has 3 rings (SSSR count). The van der Waals surface area contributed by atoms with Gasteiger partial charge in [0.25, 0.3) is 0 Å². The van der Waals surface area contributed by atoms with Gasteiger partial charge in [0.05, 0.1) is 13.2 Å². The Bertz CT molecular complexity index is 562. The van der Waals surface area contributed by atoms with Gasteiger partial charge in [-0.05, 0) is 25.3 Å². The van der Waals surface area contributed by atoms with Crippen molar-refractivity contribution in [2.75, 3.05) is 13.2 Å². The molecule has 0 aliphatic carbocycles. The Labute approximate surface area is 124 Å². The number of ether oxygens (including phenoxy) is 1. The predicted molar refractivity (Wildman–Crippen MR) is 78.8 cm³/mol. The van der Waals surface area contributed by atoms with E-state index in [-0.39, 0.29) is 5.54 Å². The van der Waals surface area contributed by atoms with E-state index < -0.39 is 0 Å².